The molecule has 0 saturated carbocycles. The molecule has 0 aromatic heterocycles. The van der Waals surface area contributed by atoms with Crippen LogP contribution in [0.5, 0.6) is 5.75 Å². The van der Waals surface area contributed by atoms with Crippen molar-refractivity contribution < 1.29 is 23.7 Å². The lowest BCUT2D eigenvalue weighted by Gasteiger charge is -2.16. The van der Waals surface area contributed by atoms with Gasteiger partial charge in [-0.3, -0.25) is 0 Å². The summed E-state index contributed by atoms with van der Waals surface area (Å²) in [5.41, 5.74) is 1.20. The predicted octanol–water partition coefficient (Wildman–Crippen LogP) is 4.26. The third kappa shape index (κ3) is 5.43. The quantitative estimate of drug-likeness (QED) is 0.407. The number of ether oxygens (including phenoxy) is 4. The number of epoxide rings is 1. The van der Waals surface area contributed by atoms with Crippen LogP contribution in [-0.4, -0.2) is 31.3 Å². The Balaban J connectivity index is 1.74. The van der Waals surface area contributed by atoms with Crippen molar-refractivity contribution in [3.63, 3.8) is 0 Å². The van der Waals surface area contributed by atoms with E-state index >= 15 is 0 Å². The van der Waals surface area contributed by atoms with Gasteiger partial charge in [0.05, 0.1) is 12.7 Å². The molecule has 1 aliphatic heterocycles. The highest BCUT2D eigenvalue weighted by Crippen LogP contribution is 2.34. The van der Waals surface area contributed by atoms with Crippen LogP contribution >= 0.6 is 0 Å². The molecule has 0 spiro atoms. The molecule has 1 fully saturated rings. The molecule has 0 N–H and O–H groups in total. The molecule has 5 heteroatoms. The number of rotatable bonds is 8. The summed E-state index contributed by atoms with van der Waals surface area (Å²) in [6.07, 6.45) is 0.462. The summed E-state index contributed by atoms with van der Waals surface area (Å²) in [5.74, 6) is 0.513. The summed E-state index contributed by atoms with van der Waals surface area (Å²) in [6.45, 7) is 8.82. The lowest BCUT2D eigenvalue weighted by molar-refractivity contribution is -0.0494. The molecule has 0 aliphatic carbocycles. The van der Waals surface area contributed by atoms with Gasteiger partial charge in [0.25, 0.3) is 0 Å². The van der Waals surface area contributed by atoms with E-state index in [1.165, 1.54) is 5.56 Å². The standard InChI is InChI=1S/C18H26O5/c1-13(2)15-8-5-6-9-16(15)20-11-7-10-18(12-21-18)23-17(19)22-14(3)4/h5-6,8-9,13-14H,7,10-12H2,1-4H3. The Bertz CT molecular complexity index is 520. The Morgan fingerprint density at radius 2 is 1.96 bits per heavy atom. The zero-order valence-corrected chi connectivity index (χ0v) is 14.3. The smallest absolute Gasteiger partial charge is 0.493 e. The summed E-state index contributed by atoms with van der Waals surface area (Å²) >= 11 is 0. The average molecular weight is 322 g/mol. The van der Waals surface area contributed by atoms with Crippen LogP contribution in [0, 0.1) is 0 Å². The molecule has 1 unspecified atom stereocenters. The van der Waals surface area contributed by atoms with E-state index in [0.717, 1.165) is 12.2 Å². The van der Waals surface area contributed by atoms with E-state index < -0.39 is 11.9 Å². The van der Waals surface area contributed by atoms with Gasteiger partial charge < -0.3 is 18.9 Å². The van der Waals surface area contributed by atoms with Crippen LogP contribution in [0.1, 0.15) is 52.0 Å². The fraction of sp³-hybridized carbons (Fsp3) is 0.611. The summed E-state index contributed by atoms with van der Waals surface area (Å²) in [4.78, 5) is 11.5. The van der Waals surface area contributed by atoms with Crippen LogP contribution in [0.3, 0.4) is 0 Å². The van der Waals surface area contributed by atoms with Gasteiger partial charge in [0.15, 0.2) is 0 Å². The maximum atomic E-state index is 11.5. The molecular formula is C18H26O5. The van der Waals surface area contributed by atoms with E-state index in [1.807, 2.05) is 18.2 Å². The van der Waals surface area contributed by atoms with E-state index in [4.69, 9.17) is 18.9 Å². The molecule has 2 rings (SSSR count). The first kappa shape index (κ1) is 17.6. The largest absolute Gasteiger partial charge is 0.511 e. The lowest BCUT2D eigenvalue weighted by atomic mass is 10.0. The van der Waals surface area contributed by atoms with Crippen molar-refractivity contribution in [3.05, 3.63) is 29.8 Å². The molecule has 1 aromatic rings. The zero-order valence-electron chi connectivity index (χ0n) is 14.3. The number of para-hydroxylation sites is 1. The first-order chi connectivity index (χ1) is 10.9. The zero-order chi connectivity index (χ0) is 16.9. The highest BCUT2D eigenvalue weighted by Gasteiger charge is 2.49. The predicted molar refractivity (Wildman–Crippen MR) is 86.6 cm³/mol. The fourth-order valence-corrected chi connectivity index (χ4v) is 2.32. The Labute approximate surface area is 137 Å². The van der Waals surface area contributed by atoms with Crippen molar-refractivity contribution >= 4 is 6.16 Å². The van der Waals surface area contributed by atoms with Gasteiger partial charge in [0.2, 0.25) is 5.79 Å². The van der Waals surface area contributed by atoms with Gasteiger partial charge in [-0.05, 0) is 37.8 Å². The van der Waals surface area contributed by atoms with Crippen LogP contribution in [0.15, 0.2) is 24.3 Å². The molecule has 1 aromatic carbocycles. The molecule has 1 atom stereocenters. The van der Waals surface area contributed by atoms with Crippen molar-refractivity contribution in [1.82, 2.24) is 0 Å². The number of carbonyl (C=O) groups excluding carboxylic acids is 1. The van der Waals surface area contributed by atoms with Gasteiger partial charge in [-0.2, -0.15) is 0 Å². The van der Waals surface area contributed by atoms with Crippen molar-refractivity contribution in [1.29, 1.82) is 0 Å². The molecule has 23 heavy (non-hydrogen) atoms. The minimum Gasteiger partial charge on any atom is -0.493 e. The van der Waals surface area contributed by atoms with Crippen molar-refractivity contribution in [2.75, 3.05) is 13.2 Å². The summed E-state index contributed by atoms with van der Waals surface area (Å²) in [6, 6.07) is 8.05. The van der Waals surface area contributed by atoms with Crippen LogP contribution in [0.4, 0.5) is 4.79 Å². The molecule has 1 saturated heterocycles. The third-order valence-electron chi connectivity index (χ3n) is 3.57. The molecule has 0 radical (unpaired) electrons. The number of hydrogen-bond acceptors (Lipinski definition) is 5. The maximum absolute atomic E-state index is 11.5. The minimum atomic E-state index is -0.813. The SMILES string of the molecule is CC(C)OC(=O)OC1(CCCOc2ccccc2C(C)C)CO1. The molecule has 1 heterocycles. The average Bonchev–Trinajstić information content (AvgIpc) is 3.22. The van der Waals surface area contributed by atoms with Gasteiger partial charge in [-0.25, -0.2) is 4.79 Å². The molecule has 0 amide bonds. The van der Waals surface area contributed by atoms with E-state index in [0.29, 0.717) is 25.6 Å². The summed E-state index contributed by atoms with van der Waals surface area (Å²) < 4.78 is 21.4. The Morgan fingerprint density at radius 1 is 1.26 bits per heavy atom. The lowest BCUT2D eigenvalue weighted by Crippen LogP contribution is -2.24. The second-order valence-electron chi connectivity index (χ2n) is 6.36. The highest BCUT2D eigenvalue weighted by atomic mass is 16.9. The molecule has 128 valence electrons. The first-order valence-electron chi connectivity index (χ1n) is 8.17. The second kappa shape index (κ2) is 7.68. The van der Waals surface area contributed by atoms with Crippen molar-refractivity contribution in [2.45, 2.75) is 58.3 Å². The topological polar surface area (TPSA) is 57.3 Å². The first-order valence-corrected chi connectivity index (χ1v) is 8.17. The van der Waals surface area contributed by atoms with E-state index in [1.54, 1.807) is 13.8 Å². The number of hydrogen-bond donors (Lipinski definition) is 0. The van der Waals surface area contributed by atoms with Crippen LogP contribution in [-0.2, 0) is 14.2 Å². The summed E-state index contributed by atoms with van der Waals surface area (Å²) in [5, 5.41) is 0. The third-order valence-corrected chi connectivity index (χ3v) is 3.57. The molecule has 1 aliphatic rings. The molecule has 5 nitrogen and oxygen atoms in total. The van der Waals surface area contributed by atoms with Crippen LogP contribution < -0.4 is 4.74 Å². The monoisotopic (exact) mass is 322 g/mol. The van der Waals surface area contributed by atoms with Gasteiger partial charge in [-0.1, -0.05) is 32.0 Å². The molecule has 0 bridgehead atoms. The van der Waals surface area contributed by atoms with E-state index in [-0.39, 0.29) is 6.10 Å². The maximum Gasteiger partial charge on any atom is 0.511 e. The van der Waals surface area contributed by atoms with Gasteiger partial charge >= 0.3 is 6.16 Å². The second-order valence-corrected chi connectivity index (χ2v) is 6.36. The Hall–Kier alpha value is -1.75. The van der Waals surface area contributed by atoms with Gasteiger partial charge in [0.1, 0.15) is 12.4 Å². The number of benzene rings is 1. The summed E-state index contributed by atoms with van der Waals surface area (Å²) in [7, 11) is 0. The van der Waals surface area contributed by atoms with Crippen molar-refractivity contribution in [3.8, 4) is 5.75 Å². The van der Waals surface area contributed by atoms with Crippen LogP contribution in [0.2, 0.25) is 0 Å². The van der Waals surface area contributed by atoms with Gasteiger partial charge in [-0.15, -0.1) is 0 Å². The Morgan fingerprint density at radius 3 is 2.57 bits per heavy atom. The highest BCUT2D eigenvalue weighted by molar-refractivity contribution is 5.60. The Kier molecular flexibility index (Phi) is 5.88. The van der Waals surface area contributed by atoms with E-state index in [2.05, 4.69) is 19.9 Å². The number of carbonyl (C=O) groups is 1. The molecular weight excluding hydrogens is 296 g/mol. The van der Waals surface area contributed by atoms with Crippen molar-refractivity contribution in [2.24, 2.45) is 0 Å². The normalized spacial score (nSPS) is 19.7. The van der Waals surface area contributed by atoms with Gasteiger partial charge in [0, 0.05) is 6.42 Å². The van der Waals surface area contributed by atoms with E-state index in [9.17, 15) is 4.79 Å². The fourth-order valence-electron chi connectivity index (χ4n) is 2.32. The van der Waals surface area contributed by atoms with Crippen LogP contribution in [0.25, 0.3) is 0 Å². The minimum absolute atomic E-state index is 0.200.